The average Bonchev–Trinajstić information content (AvgIpc) is 2.78. The molecule has 0 spiro atoms. The van der Waals surface area contributed by atoms with Gasteiger partial charge in [0.25, 0.3) is 5.91 Å². The number of benzene rings is 2. The van der Waals surface area contributed by atoms with E-state index >= 15 is 0 Å². The van der Waals surface area contributed by atoms with E-state index in [2.05, 4.69) is 4.74 Å². The lowest BCUT2D eigenvalue weighted by atomic mass is 10.1. The number of nitrogens with zero attached hydrogens (tertiary/aromatic N) is 2. The number of aryl methyl sites for hydroxylation is 1. The van der Waals surface area contributed by atoms with Crippen molar-refractivity contribution in [3.63, 3.8) is 0 Å². The summed E-state index contributed by atoms with van der Waals surface area (Å²) in [6, 6.07) is 12.1. The quantitative estimate of drug-likeness (QED) is 0.657. The van der Waals surface area contributed by atoms with Crippen LogP contribution in [0.4, 0.5) is 8.78 Å². The lowest BCUT2D eigenvalue weighted by Gasteiger charge is -2.34. The van der Waals surface area contributed by atoms with Crippen LogP contribution in [0.15, 0.2) is 48.5 Å². The molecule has 0 saturated carbocycles. The number of hydrogen-bond acceptors (Lipinski definition) is 4. The third kappa shape index (κ3) is 5.59. The molecule has 0 unspecified atom stereocenters. The number of carbonyl (C=O) groups excluding carboxylic acids is 2. The Morgan fingerprint density at radius 1 is 1.00 bits per heavy atom. The summed E-state index contributed by atoms with van der Waals surface area (Å²) in [5.41, 5.74) is 2.01. The molecule has 1 aliphatic rings. The number of methoxy groups -OCH3 is 1. The third-order valence-electron chi connectivity index (χ3n) is 5.02. The molecule has 0 aromatic heterocycles. The van der Waals surface area contributed by atoms with Gasteiger partial charge in [0, 0.05) is 43.4 Å². The third-order valence-corrected chi connectivity index (χ3v) is 5.02. The summed E-state index contributed by atoms with van der Waals surface area (Å²) in [7, 11) is 1.35. The van der Waals surface area contributed by atoms with Gasteiger partial charge < -0.3 is 19.3 Å². The van der Waals surface area contributed by atoms with Crippen LogP contribution in [0.2, 0.25) is 0 Å². The summed E-state index contributed by atoms with van der Waals surface area (Å²) in [5, 5.41) is 0. The second-order valence-electron chi connectivity index (χ2n) is 7.07. The van der Waals surface area contributed by atoms with Crippen LogP contribution in [0.3, 0.4) is 0 Å². The summed E-state index contributed by atoms with van der Waals surface area (Å²) in [6.07, 6.45) is 2.73. The van der Waals surface area contributed by atoms with Crippen LogP contribution in [0.5, 0.6) is 11.5 Å². The van der Waals surface area contributed by atoms with E-state index in [0.29, 0.717) is 37.3 Å². The molecule has 0 bridgehead atoms. The van der Waals surface area contributed by atoms with Crippen LogP contribution < -0.4 is 9.47 Å². The number of rotatable bonds is 6. The summed E-state index contributed by atoms with van der Waals surface area (Å²) in [5.74, 6) is -0.309. The fraction of sp³-hybridized carbons (Fsp3) is 0.304. The molecule has 0 N–H and O–H groups in total. The molecule has 1 aliphatic heterocycles. The lowest BCUT2D eigenvalue weighted by Crippen LogP contribution is -2.50. The van der Waals surface area contributed by atoms with E-state index in [1.165, 1.54) is 25.3 Å². The standard InChI is InChI=1S/C23H24F2N2O4/c1-16-6-8-18(9-7-16)22(29)27-14-12-26(13-15-27)20(28)11-10-17-4-3-5-19(30-2)21(17)31-23(24)25/h3-11,23H,12-15H2,1-2H3/b11-10+. The van der Waals surface area contributed by atoms with Gasteiger partial charge in [-0.3, -0.25) is 9.59 Å². The van der Waals surface area contributed by atoms with Crippen molar-refractivity contribution in [2.24, 2.45) is 0 Å². The Morgan fingerprint density at radius 3 is 2.26 bits per heavy atom. The van der Waals surface area contributed by atoms with E-state index in [1.54, 1.807) is 34.1 Å². The van der Waals surface area contributed by atoms with Crippen molar-refractivity contribution < 1.29 is 27.8 Å². The van der Waals surface area contributed by atoms with Crippen LogP contribution in [-0.2, 0) is 4.79 Å². The van der Waals surface area contributed by atoms with Gasteiger partial charge in [-0.2, -0.15) is 8.78 Å². The van der Waals surface area contributed by atoms with Crippen molar-refractivity contribution in [1.82, 2.24) is 9.80 Å². The number of alkyl halides is 2. The van der Waals surface area contributed by atoms with E-state index in [0.717, 1.165) is 5.56 Å². The number of halogens is 2. The summed E-state index contributed by atoms with van der Waals surface area (Å²) in [6.45, 7) is 0.563. The second-order valence-corrected chi connectivity index (χ2v) is 7.07. The van der Waals surface area contributed by atoms with Crippen molar-refractivity contribution in [1.29, 1.82) is 0 Å². The summed E-state index contributed by atoms with van der Waals surface area (Å²) >= 11 is 0. The monoisotopic (exact) mass is 430 g/mol. The summed E-state index contributed by atoms with van der Waals surface area (Å²) < 4.78 is 35.1. The molecule has 2 aromatic rings. The highest BCUT2D eigenvalue weighted by Gasteiger charge is 2.24. The fourth-order valence-corrected chi connectivity index (χ4v) is 3.32. The minimum Gasteiger partial charge on any atom is -0.493 e. The molecule has 164 valence electrons. The zero-order chi connectivity index (χ0) is 22.4. The Hall–Kier alpha value is -3.42. The van der Waals surface area contributed by atoms with Gasteiger partial charge in [0.05, 0.1) is 7.11 Å². The molecule has 0 radical (unpaired) electrons. The van der Waals surface area contributed by atoms with Crippen LogP contribution in [-0.4, -0.2) is 61.5 Å². The maximum absolute atomic E-state index is 12.7. The molecule has 6 nitrogen and oxygen atoms in total. The topological polar surface area (TPSA) is 59.1 Å². The number of carbonyl (C=O) groups is 2. The fourth-order valence-electron chi connectivity index (χ4n) is 3.32. The van der Waals surface area contributed by atoms with E-state index in [9.17, 15) is 18.4 Å². The minimum atomic E-state index is -3.02. The zero-order valence-corrected chi connectivity index (χ0v) is 17.4. The van der Waals surface area contributed by atoms with Gasteiger partial charge in [0.2, 0.25) is 5.91 Å². The number of hydrogen-bond donors (Lipinski definition) is 0. The molecule has 3 rings (SSSR count). The minimum absolute atomic E-state index is 0.0622. The molecule has 2 amide bonds. The number of ether oxygens (including phenoxy) is 2. The highest BCUT2D eigenvalue weighted by Crippen LogP contribution is 2.33. The summed E-state index contributed by atoms with van der Waals surface area (Å²) in [4.78, 5) is 28.5. The van der Waals surface area contributed by atoms with Crippen molar-refractivity contribution in [2.45, 2.75) is 13.5 Å². The van der Waals surface area contributed by atoms with Gasteiger partial charge in [-0.25, -0.2) is 0 Å². The first kappa shape index (κ1) is 22.3. The smallest absolute Gasteiger partial charge is 0.387 e. The van der Waals surface area contributed by atoms with Gasteiger partial charge in [-0.1, -0.05) is 29.8 Å². The molecule has 2 aromatic carbocycles. The van der Waals surface area contributed by atoms with Gasteiger partial charge in [0.1, 0.15) is 0 Å². The Kier molecular flexibility index (Phi) is 7.23. The van der Waals surface area contributed by atoms with E-state index in [1.807, 2.05) is 19.1 Å². The molecule has 8 heteroatoms. The van der Waals surface area contributed by atoms with Crippen LogP contribution in [0, 0.1) is 6.92 Å². The maximum Gasteiger partial charge on any atom is 0.387 e. The van der Waals surface area contributed by atoms with Crippen LogP contribution >= 0.6 is 0 Å². The Labute approximate surface area is 179 Å². The van der Waals surface area contributed by atoms with Crippen molar-refractivity contribution >= 4 is 17.9 Å². The van der Waals surface area contributed by atoms with Crippen molar-refractivity contribution in [3.05, 3.63) is 65.2 Å². The second kappa shape index (κ2) is 10.1. The lowest BCUT2D eigenvalue weighted by molar-refractivity contribution is -0.127. The van der Waals surface area contributed by atoms with Gasteiger partial charge in [0.15, 0.2) is 11.5 Å². The molecule has 0 atom stereocenters. The van der Waals surface area contributed by atoms with Crippen LogP contribution in [0.25, 0.3) is 6.08 Å². The first-order chi connectivity index (χ1) is 14.9. The zero-order valence-electron chi connectivity index (χ0n) is 17.4. The SMILES string of the molecule is COc1cccc(/C=C/C(=O)N2CCN(C(=O)c3ccc(C)cc3)CC2)c1OC(F)F. The largest absolute Gasteiger partial charge is 0.493 e. The van der Waals surface area contributed by atoms with Gasteiger partial charge in [-0.05, 0) is 31.2 Å². The highest BCUT2D eigenvalue weighted by atomic mass is 19.3. The molecule has 31 heavy (non-hydrogen) atoms. The maximum atomic E-state index is 12.7. The van der Waals surface area contributed by atoms with E-state index in [4.69, 9.17) is 4.74 Å². The normalized spacial score (nSPS) is 14.2. The van der Waals surface area contributed by atoms with Gasteiger partial charge >= 0.3 is 6.61 Å². The molecular weight excluding hydrogens is 406 g/mol. The predicted octanol–water partition coefficient (Wildman–Crippen LogP) is 3.60. The highest BCUT2D eigenvalue weighted by molar-refractivity contribution is 5.95. The van der Waals surface area contributed by atoms with Crippen LogP contribution in [0.1, 0.15) is 21.5 Å². The molecule has 0 aliphatic carbocycles. The van der Waals surface area contributed by atoms with E-state index in [-0.39, 0.29) is 23.3 Å². The first-order valence-corrected chi connectivity index (χ1v) is 9.84. The Balaban J connectivity index is 1.62. The Morgan fingerprint density at radius 2 is 1.65 bits per heavy atom. The van der Waals surface area contributed by atoms with E-state index < -0.39 is 6.61 Å². The Bertz CT molecular complexity index is 953. The van der Waals surface area contributed by atoms with Gasteiger partial charge in [-0.15, -0.1) is 0 Å². The number of para-hydroxylation sites is 1. The van der Waals surface area contributed by atoms with Crippen molar-refractivity contribution in [3.8, 4) is 11.5 Å². The average molecular weight is 430 g/mol. The molecule has 1 fully saturated rings. The number of piperazine rings is 1. The molecule has 1 saturated heterocycles. The number of amides is 2. The molecular formula is C23H24F2N2O4. The first-order valence-electron chi connectivity index (χ1n) is 9.84. The van der Waals surface area contributed by atoms with Crippen molar-refractivity contribution in [2.75, 3.05) is 33.3 Å². The molecule has 1 heterocycles. The predicted molar refractivity (Wildman–Crippen MR) is 112 cm³/mol.